The fourth-order valence-corrected chi connectivity index (χ4v) is 2.90. The molecule has 0 spiro atoms. The molecule has 2 rings (SSSR count). The minimum absolute atomic E-state index is 0.133. The second kappa shape index (κ2) is 4.84. The third-order valence-corrected chi connectivity index (χ3v) is 3.62. The van der Waals surface area contributed by atoms with Crippen LogP contribution in [-0.2, 0) is 11.2 Å². The van der Waals surface area contributed by atoms with Crippen molar-refractivity contribution in [3.05, 3.63) is 17.8 Å². The Morgan fingerprint density at radius 2 is 2.33 bits per heavy atom. The van der Waals surface area contributed by atoms with Crippen LogP contribution in [0, 0.1) is 0 Å². The fraction of sp³-hybridized carbons (Fsp3) is 0.636. The van der Waals surface area contributed by atoms with Crippen molar-refractivity contribution in [2.45, 2.75) is 32.1 Å². The summed E-state index contributed by atoms with van der Waals surface area (Å²) in [6.45, 7) is 1.58. The largest absolute Gasteiger partial charge is 0.448 e. The number of thioether (sulfide) groups is 1. The SMILES string of the molecule is CC(=O)Cc1coc(C2CCSCC2)n1. The van der Waals surface area contributed by atoms with E-state index in [-0.39, 0.29) is 5.78 Å². The number of oxazole rings is 1. The molecule has 4 heteroatoms. The summed E-state index contributed by atoms with van der Waals surface area (Å²) < 4.78 is 5.43. The number of hydrogen-bond acceptors (Lipinski definition) is 4. The highest BCUT2D eigenvalue weighted by Gasteiger charge is 2.20. The van der Waals surface area contributed by atoms with Gasteiger partial charge < -0.3 is 4.42 Å². The number of nitrogens with zero attached hydrogens (tertiary/aromatic N) is 1. The zero-order valence-electron chi connectivity index (χ0n) is 8.86. The van der Waals surface area contributed by atoms with Crippen molar-refractivity contribution in [2.24, 2.45) is 0 Å². The summed E-state index contributed by atoms with van der Waals surface area (Å²) in [4.78, 5) is 15.3. The van der Waals surface area contributed by atoms with Gasteiger partial charge in [0.2, 0.25) is 0 Å². The topological polar surface area (TPSA) is 43.1 Å². The van der Waals surface area contributed by atoms with Gasteiger partial charge in [-0.1, -0.05) is 0 Å². The summed E-state index contributed by atoms with van der Waals surface area (Å²) in [7, 11) is 0. The van der Waals surface area contributed by atoms with Gasteiger partial charge in [-0.2, -0.15) is 11.8 Å². The molecular formula is C11H15NO2S. The molecule has 82 valence electrons. The van der Waals surface area contributed by atoms with E-state index >= 15 is 0 Å². The molecule has 0 aliphatic carbocycles. The first-order valence-electron chi connectivity index (χ1n) is 5.27. The molecule has 15 heavy (non-hydrogen) atoms. The average Bonchev–Trinajstić information content (AvgIpc) is 2.67. The number of aromatic nitrogens is 1. The van der Waals surface area contributed by atoms with Crippen LogP contribution in [0.15, 0.2) is 10.7 Å². The van der Waals surface area contributed by atoms with Gasteiger partial charge in [-0.3, -0.25) is 4.79 Å². The van der Waals surface area contributed by atoms with Crippen LogP contribution in [0.25, 0.3) is 0 Å². The number of carbonyl (C=O) groups is 1. The van der Waals surface area contributed by atoms with E-state index in [0.717, 1.165) is 24.4 Å². The van der Waals surface area contributed by atoms with Crippen molar-refractivity contribution >= 4 is 17.5 Å². The Kier molecular flexibility index (Phi) is 3.46. The number of Topliss-reactive ketones (excluding diaryl/α,β-unsaturated/α-hetero) is 1. The normalized spacial score (nSPS) is 17.9. The van der Waals surface area contributed by atoms with Crippen molar-refractivity contribution in [1.29, 1.82) is 0 Å². The van der Waals surface area contributed by atoms with Crippen LogP contribution in [0.3, 0.4) is 0 Å². The molecule has 2 heterocycles. The minimum Gasteiger partial charge on any atom is -0.448 e. The molecule has 1 aliphatic heterocycles. The van der Waals surface area contributed by atoms with E-state index in [4.69, 9.17) is 4.42 Å². The Balaban J connectivity index is 2.02. The predicted octanol–water partition coefficient (Wildman–Crippen LogP) is 2.42. The number of rotatable bonds is 3. The summed E-state index contributed by atoms with van der Waals surface area (Å²) in [5.74, 6) is 3.80. The Morgan fingerprint density at radius 3 is 3.00 bits per heavy atom. The monoisotopic (exact) mass is 225 g/mol. The second-order valence-electron chi connectivity index (χ2n) is 3.94. The van der Waals surface area contributed by atoms with Crippen LogP contribution in [0.5, 0.6) is 0 Å². The van der Waals surface area contributed by atoms with Crippen LogP contribution in [-0.4, -0.2) is 22.3 Å². The van der Waals surface area contributed by atoms with Crippen LogP contribution in [0.1, 0.15) is 37.3 Å². The van der Waals surface area contributed by atoms with E-state index in [9.17, 15) is 4.79 Å². The molecule has 0 unspecified atom stereocenters. The highest BCUT2D eigenvalue weighted by molar-refractivity contribution is 7.99. The van der Waals surface area contributed by atoms with Gasteiger partial charge in [0.1, 0.15) is 12.0 Å². The summed E-state index contributed by atoms with van der Waals surface area (Å²) >= 11 is 1.99. The van der Waals surface area contributed by atoms with E-state index in [1.54, 1.807) is 13.2 Å². The molecule has 0 saturated carbocycles. The lowest BCUT2D eigenvalue weighted by Crippen LogP contribution is -2.08. The van der Waals surface area contributed by atoms with Gasteiger partial charge in [-0.25, -0.2) is 4.98 Å². The van der Waals surface area contributed by atoms with Crippen molar-refractivity contribution in [3.63, 3.8) is 0 Å². The van der Waals surface area contributed by atoms with E-state index in [0.29, 0.717) is 12.3 Å². The fourth-order valence-electron chi connectivity index (χ4n) is 1.79. The molecule has 1 fully saturated rings. The molecule has 0 N–H and O–H groups in total. The van der Waals surface area contributed by atoms with Gasteiger partial charge in [-0.15, -0.1) is 0 Å². The van der Waals surface area contributed by atoms with Gasteiger partial charge in [0, 0.05) is 5.92 Å². The maximum atomic E-state index is 10.9. The Bertz CT molecular complexity index is 342. The van der Waals surface area contributed by atoms with Gasteiger partial charge in [-0.05, 0) is 31.3 Å². The lowest BCUT2D eigenvalue weighted by molar-refractivity contribution is -0.116. The molecule has 1 aromatic heterocycles. The Morgan fingerprint density at radius 1 is 1.60 bits per heavy atom. The Labute approximate surface area is 93.6 Å². The minimum atomic E-state index is 0.133. The van der Waals surface area contributed by atoms with Gasteiger partial charge in [0.15, 0.2) is 5.89 Å². The standard InChI is InChI=1S/C11H15NO2S/c1-8(13)6-10-7-14-11(12-10)9-2-4-15-5-3-9/h7,9H,2-6H2,1H3. The highest BCUT2D eigenvalue weighted by Crippen LogP contribution is 2.30. The van der Waals surface area contributed by atoms with E-state index < -0.39 is 0 Å². The van der Waals surface area contributed by atoms with Crippen LogP contribution >= 0.6 is 11.8 Å². The smallest absolute Gasteiger partial charge is 0.197 e. The van der Waals surface area contributed by atoms with E-state index in [2.05, 4.69) is 4.98 Å². The second-order valence-corrected chi connectivity index (χ2v) is 5.17. The molecule has 0 bridgehead atoms. The molecule has 1 saturated heterocycles. The summed E-state index contributed by atoms with van der Waals surface area (Å²) in [6.07, 6.45) is 4.30. The number of carbonyl (C=O) groups excluding carboxylic acids is 1. The summed E-state index contributed by atoms with van der Waals surface area (Å²) in [6, 6.07) is 0. The molecule has 3 nitrogen and oxygen atoms in total. The van der Waals surface area contributed by atoms with Crippen LogP contribution in [0.4, 0.5) is 0 Å². The summed E-state index contributed by atoms with van der Waals surface area (Å²) in [5, 5.41) is 0. The van der Waals surface area contributed by atoms with Crippen molar-refractivity contribution in [1.82, 2.24) is 4.98 Å². The highest BCUT2D eigenvalue weighted by atomic mass is 32.2. The molecule has 0 aromatic carbocycles. The third kappa shape index (κ3) is 2.84. The zero-order chi connectivity index (χ0) is 10.7. The zero-order valence-corrected chi connectivity index (χ0v) is 9.68. The van der Waals surface area contributed by atoms with Gasteiger partial charge in [0.05, 0.1) is 12.1 Å². The lowest BCUT2D eigenvalue weighted by Gasteiger charge is -2.17. The molecule has 0 atom stereocenters. The van der Waals surface area contributed by atoms with Gasteiger partial charge in [0.25, 0.3) is 0 Å². The molecule has 1 aliphatic rings. The maximum absolute atomic E-state index is 10.9. The molecule has 1 aromatic rings. The molecular weight excluding hydrogens is 210 g/mol. The van der Waals surface area contributed by atoms with E-state index in [1.165, 1.54) is 11.5 Å². The van der Waals surface area contributed by atoms with Crippen LogP contribution in [0.2, 0.25) is 0 Å². The maximum Gasteiger partial charge on any atom is 0.197 e. The lowest BCUT2D eigenvalue weighted by atomic mass is 10.0. The predicted molar refractivity (Wildman–Crippen MR) is 60.2 cm³/mol. The quantitative estimate of drug-likeness (QED) is 0.792. The number of ketones is 1. The number of hydrogen-bond donors (Lipinski definition) is 0. The van der Waals surface area contributed by atoms with Crippen molar-refractivity contribution in [3.8, 4) is 0 Å². The van der Waals surface area contributed by atoms with E-state index in [1.807, 2.05) is 11.8 Å². The van der Waals surface area contributed by atoms with Gasteiger partial charge >= 0.3 is 0 Å². The summed E-state index contributed by atoms with van der Waals surface area (Å²) in [5.41, 5.74) is 0.774. The van der Waals surface area contributed by atoms with Crippen molar-refractivity contribution in [2.75, 3.05) is 11.5 Å². The first kappa shape index (κ1) is 10.7. The molecule has 0 amide bonds. The van der Waals surface area contributed by atoms with Crippen LogP contribution < -0.4 is 0 Å². The Hall–Kier alpha value is -0.770. The first-order valence-corrected chi connectivity index (χ1v) is 6.42. The first-order chi connectivity index (χ1) is 7.25. The third-order valence-electron chi connectivity index (χ3n) is 2.57. The van der Waals surface area contributed by atoms with Crippen molar-refractivity contribution < 1.29 is 9.21 Å². The molecule has 0 radical (unpaired) electrons. The average molecular weight is 225 g/mol.